The third-order valence-corrected chi connectivity index (χ3v) is 2.67. The van der Waals surface area contributed by atoms with E-state index in [2.05, 4.69) is 25.5 Å². The first-order chi connectivity index (χ1) is 5.33. The molecule has 1 aromatic heterocycles. The maximum atomic E-state index is 8.98. The summed E-state index contributed by atoms with van der Waals surface area (Å²) in [6.07, 6.45) is 2.20. The molecule has 3 nitrogen and oxygen atoms in total. The number of halogens is 1. The number of aryl methyl sites for hydroxylation is 1. The Morgan fingerprint density at radius 3 is 3.18 bits per heavy atom. The molecule has 2 rings (SSSR count). The van der Waals surface area contributed by atoms with Crippen LogP contribution in [0, 0.1) is 0 Å². The average Bonchev–Trinajstić information content (AvgIpc) is 2.46. The Kier molecular flexibility index (Phi) is 1.73. The van der Waals surface area contributed by atoms with Crippen molar-refractivity contribution in [2.24, 2.45) is 0 Å². The van der Waals surface area contributed by atoms with E-state index < -0.39 is 0 Å². The van der Waals surface area contributed by atoms with Gasteiger partial charge in [0.05, 0.1) is 12.3 Å². The second kappa shape index (κ2) is 2.60. The van der Waals surface area contributed by atoms with Crippen LogP contribution in [-0.4, -0.2) is 14.7 Å². The van der Waals surface area contributed by atoms with E-state index in [0.717, 1.165) is 35.5 Å². The van der Waals surface area contributed by atoms with Crippen LogP contribution in [0.3, 0.4) is 0 Å². The van der Waals surface area contributed by atoms with Gasteiger partial charge in [-0.15, -0.1) is 0 Å². The van der Waals surface area contributed by atoms with E-state index >= 15 is 0 Å². The third kappa shape index (κ3) is 1.01. The lowest BCUT2D eigenvalue weighted by atomic mass is 10.4. The summed E-state index contributed by atoms with van der Waals surface area (Å²) in [6, 6.07) is 0. The van der Waals surface area contributed by atoms with Gasteiger partial charge < -0.3 is 9.67 Å². The highest BCUT2D eigenvalue weighted by molar-refractivity contribution is 9.10. The molecule has 1 aliphatic heterocycles. The molecule has 1 aliphatic rings. The SMILES string of the molecule is OCc1c(Br)nc2n1CCC2. The first kappa shape index (κ1) is 7.31. The summed E-state index contributed by atoms with van der Waals surface area (Å²) in [5, 5.41) is 8.98. The van der Waals surface area contributed by atoms with Crippen LogP contribution in [0.4, 0.5) is 0 Å². The van der Waals surface area contributed by atoms with E-state index in [4.69, 9.17) is 5.11 Å². The van der Waals surface area contributed by atoms with Crippen molar-refractivity contribution in [1.82, 2.24) is 9.55 Å². The number of aromatic nitrogens is 2. The Labute approximate surface area is 73.2 Å². The Bertz CT molecular complexity index is 282. The van der Waals surface area contributed by atoms with Gasteiger partial charge in [-0.1, -0.05) is 0 Å². The number of imidazole rings is 1. The number of hydrogen-bond acceptors (Lipinski definition) is 2. The molecule has 1 aromatic rings. The molecule has 0 saturated heterocycles. The second-order valence-corrected chi connectivity index (χ2v) is 3.43. The normalized spacial score (nSPS) is 15.5. The monoisotopic (exact) mass is 216 g/mol. The molecule has 0 bridgehead atoms. The van der Waals surface area contributed by atoms with Crippen LogP contribution in [-0.2, 0) is 19.6 Å². The van der Waals surface area contributed by atoms with E-state index in [0.29, 0.717) is 0 Å². The number of aliphatic hydroxyl groups excluding tert-OH is 1. The predicted octanol–water partition coefficient (Wildman–Crippen LogP) is 1.08. The van der Waals surface area contributed by atoms with Gasteiger partial charge in [0.1, 0.15) is 10.4 Å². The Balaban J connectivity index is 2.52. The largest absolute Gasteiger partial charge is 0.390 e. The van der Waals surface area contributed by atoms with Gasteiger partial charge >= 0.3 is 0 Å². The molecule has 0 spiro atoms. The van der Waals surface area contributed by atoms with Crippen LogP contribution < -0.4 is 0 Å². The molecule has 0 atom stereocenters. The van der Waals surface area contributed by atoms with Crippen LogP contribution >= 0.6 is 15.9 Å². The summed E-state index contributed by atoms with van der Waals surface area (Å²) in [6.45, 7) is 1.08. The molecule has 0 fully saturated rings. The van der Waals surface area contributed by atoms with Gasteiger partial charge in [0.15, 0.2) is 0 Å². The molecule has 0 saturated carbocycles. The molecule has 0 amide bonds. The van der Waals surface area contributed by atoms with Gasteiger partial charge in [0, 0.05) is 13.0 Å². The van der Waals surface area contributed by atoms with Crippen molar-refractivity contribution in [2.45, 2.75) is 26.0 Å². The first-order valence-corrected chi connectivity index (χ1v) is 4.47. The van der Waals surface area contributed by atoms with Crippen LogP contribution in [0.2, 0.25) is 0 Å². The molecule has 0 aromatic carbocycles. The maximum Gasteiger partial charge on any atom is 0.130 e. The Hall–Kier alpha value is -0.350. The highest BCUT2D eigenvalue weighted by Gasteiger charge is 2.18. The second-order valence-electron chi connectivity index (χ2n) is 2.68. The third-order valence-electron chi connectivity index (χ3n) is 2.03. The van der Waals surface area contributed by atoms with Crippen molar-refractivity contribution >= 4 is 15.9 Å². The number of rotatable bonds is 1. The van der Waals surface area contributed by atoms with Gasteiger partial charge in [-0.05, 0) is 22.4 Å². The lowest BCUT2D eigenvalue weighted by Crippen LogP contribution is -1.99. The van der Waals surface area contributed by atoms with E-state index in [1.807, 2.05) is 0 Å². The summed E-state index contributed by atoms with van der Waals surface area (Å²) in [4.78, 5) is 4.28. The number of nitrogens with zero attached hydrogens (tertiary/aromatic N) is 2. The highest BCUT2D eigenvalue weighted by atomic mass is 79.9. The standard InChI is InChI=1S/C7H9BrN2O/c8-7-5(4-11)10-3-1-2-6(10)9-7/h11H,1-4H2. The van der Waals surface area contributed by atoms with E-state index in [1.165, 1.54) is 0 Å². The van der Waals surface area contributed by atoms with Crippen molar-refractivity contribution in [3.8, 4) is 0 Å². The summed E-state index contributed by atoms with van der Waals surface area (Å²) >= 11 is 3.31. The molecular formula is C7H9BrN2O. The zero-order valence-electron chi connectivity index (χ0n) is 6.05. The van der Waals surface area contributed by atoms with E-state index in [-0.39, 0.29) is 6.61 Å². The molecule has 11 heavy (non-hydrogen) atoms. The minimum atomic E-state index is 0.0770. The fraction of sp³-hybridized carbons (Fsp3) is 0.571. The van der Waals surface area contributed by atoms with Crippen LogP contribution in [0.25, 0.3) is 0 Å². The predicted molar refractivity (Wildman–Crippen MR) is 44.2 cm³/mol. The summed E-state index contributed by atoms with van der Waals surface area (Å²) in [5.41, 5.74) is 0.914. The van der Waals surface area contributed by atoms with Gasteiger partial charge in [-0.25, -0.2) is 4.98 Å². The summed E-state index contributed by atoms with van der Waals surface area (Å²) in [5.74, 6) is 1.10. The average molecular weight is 217 g/mol. The van der Waals surface area contributed by atoms with Gasteiger partial charge in [-0.2, -0.15) is 0 Å². The van der Waals surface area contributed by atoms with Crippen LogP contribution in [0.1, 0.15) is 17.9 Å². The number of aliphatic hydroxyl groups is 1. The highest BCUT2D eigenvalue weighted by Crippen LogP contribution is 2.23. The fourth-order valence-electron chi connectivity index (χ4n) is 1.51. The quantitative estimate of drug-likeness (QED) is 0.764. The summed E-state index contributed by atoms with van der Waals surface area (Å²) in [7, 11) is 0. The number of fused-ring (bicyclic) bond motifs is 1. The van der Waals surface area contributed by atoms with Crippen LogP contribution in [0.15, 0.2) is 4.60 Å². The lowest BCUT2D eigenvalue weighted by molar-refractivity contribution is 0.270. The zero-order valence-corrected chi connectivity index (χ0v) is 7.63. The smallest absolute Gasteiger partial charge is 0.130 e. The topological polar surface area (TPSA) is 38.1 Å². The van der Waals surface area contributed by atoms with Gasteiger partial charge in [-0.3, -0.25) is 0 Å². The molecule has 60 valence electrons. The molecule has 0 unspecified atom stereocenters. The number of hydrogen-bond donors (Lipinski definition) is 1. The van der Waals surface area contributed by atoms with Gasteiger partial charge in [0.2, 0.25) is 0 Å². The molecule has 1 N–H and O–H groups in total. The molecule has 2 heterocycles. The maximum absolute atomic E-state index is 8.98. The van der Waals surface area contributed by atoms with Crippen LogP contribution in [0.5, 0.6) is 0 Å². The van der Waals surface area contributed by atoms with Crippen molar-refractivity contribution in [1.29, 1.82) is 0 Å². The van der Waals surface area contributed by atoms with Crippen molar-refractivity contribution < 1.29 is 5.11 Å². The molecule has 4 heteroatoms. The Morgan fingerprint density at radius 1 is 1.64 bits per heavy atom. The minimum Gasteiger partial charge on any atom is -0.390 e. The fourth-order valence-corrected chi connectivity index (χ4v) is 2.05. The molecular weight excluding hydrogens is 208 g/mol. The molecule has 0 aliphatic carbocycles. The van der Waals surface area contributed by atoms with Crippen molar-refractivity contribution in [3.05, 3.63) is 16.1 Å². The first-order valence-electron chi connectivity index (χ1n) is 3.67. The lowest BCUT2D eigenvalue weighted by Gasteiger charge is -1.99. The summed E-state index contributed by atoms with van der Waals surface area (Å²) < 4.78 is 2.89. The zero-order chi connectivity index (χ0) is 7.84. The molecule has 0 radical (unpaired) electrons. The van der Waals surface area contributed by atoms with E-state index in [9.17, 15) is 0 Å². The van der Waals surface area contributed by atoms with Gasteiger partial charge in [0.25, 0.3) is 0 Å². The Morgan fingerprint density at radius 2 is 2.45 bits per heavy atom. The van der Waals surface area contributed by atoms with E-state index in [1.54, 1.807) is 0 Å². The minimum absolute atomic E-state index is 0.0770. The van der Waals surface area contributed by atoms with Crippen molar-refractivity contribution in [2.75, 3.05) is 0 Å². The van der Waals surface area contributed by atoms with Crippen molar-refractivity contribution in [3.63, 3.8) is 0 Å².